The number of rotatable bonds is 2. The molecular weight excluding hydrogens is 494 g/mol. The predicted molar refractivity (Wildman–Crippen MR) is 166 cm³/mol. The number of benzene rings is 6. The molecule has 0 atom stereocenters. The van der Waals surface area contributed by atoms with Crippen LogP contribution in [0.15, 0.2) is 132 Å². The van der Waals surface area contributed by atoms with E-state index in [9.17, 15) is 0 Å². The van der Waals surface area contributed by atoms with Crippen LogP contribution < -0.4 is 0 Å². The van der Waals surface area contributed by atoms with E-state index in [4.69, 9.17) is 4.42 Å². The number of thiophene rings is 1. The average molecular weight is 516 g/mol. The third-order valence-electron chi connectivity index (χ3n) is 8.01. The van der Waals surface area contributed by atoms with E-state index in [1.807, 2.05) is 23.5 Å². The van der Waals surface area contributed by atoms with Gasteiger partial charge in [0.15, 0.2) is 0 Å². The quantitative estimate of drug-likeness (QED) is 0.224. The van der Waals surface area contributed by atoms with Crippen LogP contribution in [0.2, 0.25) is 0 Å². The first-order valence-corrected chi connectivity index (χ1v) is 14.0. The number of para-hydroxylation sites is 3. The van der Waals surface area contributed by atoms with Gasteiger partial charge >= 0.3 is 0 Å². The van der Waals surface area contributed by atoms with Gasteiger partial charge in [-0.25, -0.2) is 0 Å². The summed E-state index contributed by atoms with van der Waals surface area (Å²) in [6, 6.07) is 45.8. The molecule has 3 heterocycles. The minimum atomic E-state index is 0.927. The van der Waals surface area contributed by atoms with Gasteiger partial charge < -0.3 is 8.98 Å². The zero-order chi connectivity index (χ0) is 25.5. The van der Waals surface area contributed by atoms with E-state index in [2.05, 4.69) is 120 Å². The van der Waals surface area contributed by atoms with E-state index in [0.29, 0.717) is 0 Å². The van der Waals surface area contributed by atoms with Gasteiger partial charge in [-0.1, -0.05) is 84.9 Å². The molecule has 0 radical (unpaired) electrons. The van der Waals surface area contributed by atoms with Gasteiger partial charge in [-0.2, -0.15) is 0 Å². The van der Waals surface area contributed by atoms with Gasteiger partial charge in [-0.05, 0) is 53.6 Å². The Hall–Kier alpha value is -4.86. The van der Waals surface area contributed by atoms with Gasteiger partial charge in [0.2, 0.25) is 0 Å². The molecule has 2 nitrogen and oxygen atoms in total. The van der Waals surface area contributed by atoms with Crippen molar-refractivity contribution in [1.29, 1.82) is 0 Å². The molecule has 0 aliphatic rings. The lowest BCUT2D eigenvalue weighted by atomic mass is 9.98. The Kier molecular flexibility index (Phi) is 4.24. The first-order valence-electron chi connectivity index (χ1n) is 13.2. The van der Waals surface area contributed by atoms with Crippen LogP contribution in [0.25, 0.3) is 80.7 Å². The Bertz CT molecular complexity index is 2350. The van der Waals surface area contributed by atoms with Gasteiger partial charge in [0.05, 0.1) is 21.4 Å². The first kappa shape index (κ1) is 21.1. The highest BCUT2D eigenvalue weighted by Crippen LogP contribution is 2.44. The molecule has 0 bridgehead atoms. The van der Waals surface area contributed by atoms with Crippen LogP contribution in [0.3, 0.4) is 0 Å². The lowest BCUT2D eigenvalue weighted by molar-refractivity contribution is 0.669. The Morgan fingerprint density at radius 1 is 0.513 bits per heavy atom. The molecular formula is C36H21NOS. The molecule has 0 aliphatic carbocycles. The fraction of sp³-hybridized carbons (Fsp3) is 0. The molecule has 182 valence electrons. The lowest BCUT2D eigenvalue weighted by Gasteiger charge is -2.09. The summed E-state index contributed by atoms with van der Waals surface area (Å²) in [5.74, 6) is 0. The third-order valence-corrected chi connectivity index (χ3v) is 9.20. The second kappa shape index (κ2) is 7.83. The molecule has 6 aromatic carbocycles. The number of nitrogens with zero attached hydrogens (tertiary/aromatic N) is 1. The molecule has 0 spiro atoms. The second-order valence-corrected chi connectivity index (χ2v) is 11.2. The van der Waals surface area contributed by atoms with Crippen LogP contribution in [0.1, 0.15) is 0 Å². The molecule has 9 rings (SSSR count). The van der Waals surface area contributed by atoms with Crippen LogP contribution >= 0.6 is 11.3 Å². The molecule has 0 N–H and O–H groups in total. The molecule has 0 aliphatic heterocycles. The average Bonchev–Trinajstić information content (AvgIpc) is 3.66. The van der Waals surface area contributed by atoms with E-state index in [-0.39, 0.29) is 0 Å². The van der Waals surface area contributed by atoms with Crippen LogP contribution in [-0.2, 0) is 0 Å². The zero-order valence-corrected chi connectivity index (χ0v) is 21.7. The molecule has 0 amide bonds. The zero-order valence-electron chi connectivity index (χ0n) is 20.9. The summed E-state index contributed by atoms with van der Waals surface area (Å²) in [6.07, 6.45) is 0. The minimum Gasteiger partial charge on any atom is -0.456 e. The molecule has 9 aromatic rings. The molecule has 3 heteroatoms. The summed E-state index contributed by atoms with van der Waals surface area (Å²) >= 11 is 1.88. The van der Waals surface area contributed by atoms with Crippen molar-refractivity contribution in [3.05, 3.63) is 127 Å². The normalized spacial score (nSPS) is 12.1. The van der Waals surface area contributed by atoms with Crippen molar-refractivity contribution >= 4 is 75.3 Å². The monoisotopic (exact) mass is 515 g/mol. The number of hydrogen-bond acceptors (Lipinski definition) is 2. The van der Waals surface area contributed by atoms with E-state index < -0.39 is 0 Å². The summed E-state index contributed by atoms with van der Waals surface area (Å²) in [6.45, 7) is 0. The second-order valence-electron chi connectivity index (χ2n) is 10.1. The summed E-state index contributed by atoms with van der Waals surface area (Å²) < 4.78 is 11.2. The molecule has 0 unspecified atom stereocenters. The van der Waals surface area contributed by atoms with Gasteiger partial charge in [-0.15, -0.1) is 11.3 Å². The fourth-order valence-corrected chi connectivity index (χ4v) is 7.56. The number of hydrogen-bond donors (Lipinski definition) is 0. The standard InChI is InChI=1S/C36H21NOS/c1-4-14-29-24(9-1)25-10-2-5-15-30(25)37(29)31-16-7-13-27-35-23(12-8-18-34(35)39-36(27)31)22-19-20-33-28(21-22)26-11-3-6-17-32(26)38-33/h1-21H. The van der Waals surface area contributed by atoms with E-state index in [0.717, 1.165) is 21.9 Å². The SMILES string of the molecule is c1ccc2c(c1)oc1ccc(-c3cccc4sc5c(-n6c7ccccc7c7ccccc76)cccc5c34)cc12. The Balaban J connectivity index is 1.35. The largest absolute Gasteiger partial charge is 0.456 e. The first-order chi connectivity index (χ1) is 19.3. The maximum atomic E-state index is 6.11. The summed E-state index contributed by atoms with van der Waals surface area (Å²) in [4.78, 5) is 0. The van der Waals surface area contributed by atoms with Crippen LogP contribution in [0, 0.1) is 0 Å². The summed E-state index contributed by atoms with van der Waals surface area (Å²) in [5.41, 5.74) is 8.03. The Labute approximate surface area is 227 Å². The van der Waals surface area contributed by atoms with Crippen molar-refractivity contribution in [2.45, 2.75) is 0 Å². The maximum Gasteiger partial charge on any atom is 0.135 e. The Morgan fingerprint density at radius 3 is 2.00 bits per heavy atom. The third kappa shape index (κ3) is 2.91. The highest BCUT2D eigenvalue weighted by Gasteiger charge is 2.18. The van der Waals surface area contributed by atoms with Crippen molar-refractivity contribution in [2.24, 2.45) is 0 Å². The molecule has 3 aromatic heterocycles. The summed E-state index contributed by atoms with van der Waals surface area (Å²) in [7, 11) is 0. The van der Waals surface area contributed by atoms with Crippen molar-refractivity contribution in [2.75, 3.05) is 0 Å². The van der Waals surface area contributed by atoms with Crippen LogP contribution in [0.5, 0.6) is 0 Å². The number of aromatic nitrogens is 1. The van der Waals surface area contributed by atoms with Gasteiger partial charge in [0.25, 0.3) is 0 Å². The smallest absolute Gasteiger partial charge is 0.135 e. The fourth-order valence-electron chi connectivity index (χ4n) is 6.33. The van der Waals surface area contributed by atoms with Crippen LogP contribution in [0.4, 0.5) is 0 Å². The summed E-state index contributed by atoms with van der Waals surface area (Å²) in [5, 5.41) is 7.49. The minimum absolute atomic E-state index is 0.927. The Morgan fingerprint density at radius 2 is 1.18 bits per heavy atom. The molecule has 0 fully saturated rings. The lowest BCUT2D eigenvalue weighted by Crippen LogP contribution is -1.93. The molecule has 0 saturated heterocycles. The van der Waals surface area contributed by atoms with Crippen molar-refractivity contribution in [3.63, 3.8) is 0 Å². The van der Waals surface area contributed by atoms with Gasteiger partial charge in [-0.3, -0.25) is 0 Å². The van der Waals surface area contributed by atoms with E-state index in [1.54, 1.807) is 0 Å². The molecule has 39 heavy (non-hydrogen) atoms. The maximum absolute atomic E-state index is 6.11. The van der Waals surface area contributed by atoms with E-state index in [1.165, 1.54) is 58.8 Å². The topological polar surface area (TPSA) is 18.1 Å². The van der Waals surface area contributed by atoms with Gasteiger partial charge in [0, 0.05) is 37.0 Å². The highest BCUT2D eigenvalue weighted by atomic mass is 32.1. The predicted octanol–water partition coefficient (Wildman–Crippen LogP) is 10.7. The van der Waals surface area contributed by atoms with Crippen molar-refractivity contribution < 1.29 is 4.42 Å². The highest BCUT2D eigenvalue weighted by molar-refractivity contribution is 7.26. The van der Waals surface area contributed by atoms with Crippen molar-refractivity contribution in [1.82, 2.24) is 4.57 Å². The van der Waals surface area contributed by atoms with E-state index >= 15 is 0 Å². The van der Waals surface area contributed by atoms with Crippen molar-refractivity contribution in [3.8, 4) is 16.8 Å². The molecule has 0 saturated carbocycles. The number of fused-ring (bicyclic) bond motifs is 9. The van der Waals surface area contributed by atoms with Gasteiger partial charge in [0.1, 0.15) is 11.2 Å². The number of furan rings is 1. The van der Waals surface area contributed by atoms with Crippen LogP contribution in [-0.4, -0.2) is 4.57 Å².